The quantitative estimate of drug-likeness (QED) is 0.632. The van der Waals surface area contributed by atoms with Crippen molar-refractivity contribution in [3.05, 3.63) is 0 Å². The van der Waals surface area contributed by atoms with Crippen molar-refractivity contribution in [3.63, 3.8) is 0 Å². The van der Waals surface area contributed by atoms with E-state index < -0.39 is 0 Å². The topological polar surface area (TPSA) is 0 Å². The Bertz CT molecular complexity index is 131. The van der Waals surface area contributed by atoms with Crippen LogP contribution in [0.5, 0.6) is 0 Å². The van der Waals surface area contributed by atoms with Crippen molar-refractivity contribution < 1.29 is 4.39 Å². The summed E-state index contributed by atoms with van der Waals surface area (Å²) in [5, 5.41) is 0. The molecular weight excluding hydrogens is 343 g/mol. The molecule has 0 heterocycles. The lowest BCUT2D eigenvalue weighted by atomic mass is 9.90. The molecule has 11 heavy (non-hydrogen) atoms. The van der Waals surface area contributed by atoms with Crippen molar-refractivity contribution in [3.8, 4) is 0 Å². The summed E-state index contributed by atoms with van der Waals surface area (Å²) >= 11 is 10.5. The first-order chi connectivity index (χ1) is 5.16. The number of rotatable bonds is 1. The molecule has 4 atom stereocenters. The van der Waals surface area contributed by atoms with Crippen molar-refractivity contribution in [1.82, 2.24) is 0 Å². The molecule has 0 spiro atoms. The molecule has 0 aliphatic heterocycles. The Balaban J connectivity index is 2.55. The van der Waals surface area contributed by atoms with Crippen molar-refractivity contribution in [2.75, 3.05) is 6.67 Å². The van der Waals surface area contributed by atoms with E-state index in [1.54, 1.807) is 0 Å². The summed E-state index contributed by atoms with van der Waals surface area (Å²) in [4.78, 5) is 1.04. The third-order valence-electron chi connectivity index (χ3n) is 2.12. The highest BCUT2D eigenvalue weighted by molar-refractivity contribution is 9.12. The van der Waals surface area contributed by atoms with Gasteiger partial charge in [0.2, 0.25) is 0 Å². The van der Waals surface area contributed by atoms with Gasteiger partial charge < -0.3 is 0 Å². The molecule has 4 heteroatoms. The molecule has 1 aliphatic rings. The first-order valence-corrected chi connectivity index (χ1v) is 6.39. The Kier molecular flexibility index (Phi) is 4.33. The van der Waals surface area contributed by atoms with Gasteiger partial charge in [-0.25, -0.2) is 0 Å². The van der Waals surface area contributed by atoms with Gasteiger partial charge in [-0.1, -0.05) is 47.8 Å². The molecule has 0 aromatic heterocycles. The van der Waals surface area contributed by atoms with E-state index in [1.165, 1.54) is 0 Å². The third kappa shape index (κ3) is 2.41. The van der Waals surface area contributed by atoms with Gasteiger partial charge in [0.25, 0.3) is 0 Å². The average molecular weight is 353 g/mol. The third-order valence-corrected chi connectivity index (χ3v) is 6.31. The van der Waals surface area contributed by atoms with Crippen LogP contribution in [0.25, 0.3) is 0 Å². The van der Waals surface area contributed by atoms with Crippen LogP contribution in [0.3, 0.4) is 0 Å². The average Bonchev–Trinajstić information content (AvgIpc) is 1.99. The number of hydrogen-bond acceptors (Lipinski definition) is 0. The number of hydrogen-bond donors (Lipinski definition) is 0. The molecule has 66 valence electrons. The van der Waals surface area contributed by atoms with Crippen molar-refractivity contribution in [2.45, 2.75) is 27.3 Å². The van der Waals surface area contributed by atoms with Crippen LogP contribution in [0, 0.1) is 5.92 Å². The minimum atomic E-state index is -0.242. The molecular formula is C7H10Br3F. The number of alkyl halides is 4. The van der Waals surface area contributed by atoms with Crippen LogP contribution in [0.4, 0.5) is 4.39 Å². The normalized spacial score (nSPS) is 45.8. The molecule has 0 radical (unpaired) electrons. The lowest BCUT2D eigenvalue weighted by Gasteiger charge is -2.33. The fraction of sp³-hybridized carbons (Fsp3) is 1.00. The monoisotopic (exact) mass is 350 g/mol. The zero-order valence-electron chi connectivity index (χ0n) is 5.94. The maximum absolute atomic E-state index is 12.5. The molecule has 1 saturated carbocycles. The highest BCUT2D eigenvalue weighted by Crippen LogP contribution is 2.38. The smallest absolute Gasteiger partial charge is 0.0944 e. The Labute approximate surface area is 91.7 Å². The Hall–Kier alpha value is 1.37. The first-order valence-electron chi connectivity index (χ1n) is 3.65. The van der Waals surface area contributed by atoms with Gasteiger partial charge in [0.05, 0.1) is 6.67 Å². The Morgan fingerprint density at radius 2 is 1.64 bits per heavy atom. The first kappa shape index (κ1) is 10.5. The standard InChI is InChI=1S/C7H10Br3F/c8-5-1-2-6(9)7(10)4(5)3-11/h4-7H,1-3H2. The van der Waals surface area contributed by atoms with Gasteiger partial charge in [0.15, 0.2) is 0 Å². The predicted molar refractivity (Wildman–Crippen MR) is 56.8 cm³/mol. The summed E-state index contributed by atoms with van der Waals surface area (Å²) < 4.78 is 12.5. The van der Waals surface area contributed by atoms with Gasteiger partial charge in [-0.05, 0) is 12.8 Å². The lowest BCUT2D eigenvalue weighted by Crippen LogP contribution is -2.37. The summed E-state index contributed by atoms with van der Waals surface area (Å²) in [7, 11) is 0. The maximum atomic E-state index is 12.5. The Morgan fingerprint density at radius 3 is 2.09 bits per heavy atom. The minimum Gasteiger partial charge on any atom is -0.251 e. The fourth-order valence-electron chi connectivity index (χ4n) is 1.34. The lowest BCUT2D eigenvalue weighted by molar-refractivity contribution is 0.310. The van der Waals surface area contributed by atoms with E-state index in [0.717, 1.165) is 12.8 Å². The predicted octanol–water partition coefficient (Wildman–Crippen LogP) is 3.66. The minimum absolute atomic E-state index is 0.119. The van der Waals surface area contributed by atoms with E-state index in [2.05, 4.69) is 47.8 Å². The summed E-state index contributed by atoms with van der Waals surface area (Å²) in [5.74, 6) is 0.119. The summed E-state index contributed by atoms with van der Waals surface area (Å²) in [5.41, 5.74) is 0. The molecule has 0 N–H and O–H groups in total. The van der Waals surface area contributed by atoms with E-state index in [9.17, 15) is 4.39 Å². The molecule has 0 aromatic carbocycles. The van der Waals surface area contributed by atoms with Gasteiger partial charge >= 0.3 is 0 Å². The number of halogens is 4. The molecule has 1 rings (SSSR count). The van der Waals surface area contributed by atoms with Crippen molar-refractivity contribution in [2.24, 2.45) is 5.92 Å². The summed E-state index contributed by atoms with van der Waals surface area (Å²) in [6, 6.07) is 0. The summed E-state index contributed by atoms with van der Waals surface area (Å²) in [6.45, 7) is -0.242. The van der Waals surface area contributed by atoms with Crippen LogP contribution in [0.1, 0.15) is 12.8 Å². The van der Waals surface area contributed by atoms with Gasteiger partial charge in [0.1, 0.15) is 0 Å². The van der Waals surface area contributed by atoms with Gasteiger partial charge in [-0.3, -0.25) is 4.39 Å². The molecule has 4 unspecified atom stereocenters. The van der Waals surface area contributed by atoms with Gasteiger partial charge in [-0.15, -0.1) is 0 Å². The molecule has 0 nitrogen and oxygen atoms in total. The van der Waals surface area contributed by atoms with Gasteiger partial charge in [-0.2, -0.15) is 0 Å². The van der Waals surface area contributed by atoms with Crippen LogP contribution in [0.15, 0.2) is 0 Å². The van der Waals surface area contributed by atoms with Crippen LogP contribution in [-0.4, -0.2) is 21.2 Å². The van der Waals surface area contributed by atoms with Crippen LogP contribution in [-0.2, 0) is 0 Å². The highest BCUT2D eigenvalue weighted by Gasteiger charge is 2.35. The van der Waals surface area contributed by atoms with E-state index >= 15 is 0 Å². The van der Waals surface area contributed by atoms with Crippen LogP contribution in [0.2, 0.25) is 0 Å². The molecule has 0 amide bonds. The molecule has 0 saturated heterocycles. The molecule has 1 fully saturated rings. The zero-order chi connectivity index (χ0) is 8.43. The van der Waals surface area contributed by atoms with E-state index in [1.807, 2.05) is 0 Å². The largest absolute Gasteiger partial charge is 0.251 e. The van der Waals surface area contributed by atoms with Gasteiger partial charge in [0, 0.05) is 20.4 Å². The summed E-state index contributed by atoms with van der Waals surface area (Å²) in [6.07, 6.45) is 2.18. The fourth-order valence-corrected chi connectivity index (χ4v) is 3.92. The maximum Gasteiger partial charge on any atom is 0.0944 e. The van der Waals surface area contributed by atoms with Crippen molar-refractivity contribution in [1.29, 1.82) is 0 Å². The van der Waals surface area contributed by atoms with E-state index in [4.69, 9.17) is 0 Å². The van der Waals surface area contributed by atoms with Crippen LogP contribution < -0.4 is 0 Å². The Morgan fingerprint density at radius 1 is 1.09 bits per heavy atom. The SMILES string of the molecule is FCC1C(Br)CCC(Br)C1Br. The van der Waals surface area contributed by atoms with Crippen LogP contribution >= 0.6 is 47.8 Å². The second-order valence-electron chi connectivity index (χ2n) is 2.87. The second-order valence-corrected chi connectivity index (χ2v) is 6.28. The van der Waals surface area contributed by atoms with E-state index in [0.29, 0.717) is 9.65 Å². The zero-order valence-corrected chi connectivity index (χ0v) is 10.7. The van der Waals surface area contributed by atoms with E-state index in [-0.39, 0.29) is 17.4 Å². The molecule has 0 aromatic rings. The van der Waals surface area contributed by atoms with Crippen molar-refractivity contribution >= 4 is 47.8 Å². The second kappa shape index (κ2) is 4.56. The highest BCUT2D eigenvalue weighted by atomic mass is 79.9. The molecule has 0 bridgehead atoms. The molecule has 1 aliphatic carbocycles.